The molecule has 1 aromatic heterocycles. The molecular formula is C12H20N2OS. The van der Waals surface area contributed by atoms with Gasteiger partial charge in [-0.1, -0.05) is 6.07 Å². The summed E-state index contributed by atoms with van der Waals surface area (Å²) in [6, 6.07) is 4.61. The zero-order chi connectivity index (χ0) is 11.6. The van der Waals surface area contributed by atoms with Crippen molar-refractivity contribution in [1.29, 1.82) is 0 Å². The molecule has 1 saturated heterocycles. The molecule has 0 radical (unpaired) electrons. The van der Waals surface area contributed by atoms with E-state index in [4.69, 9.17) is 10.5 Å². The molecule has 0 aromatic carbocycles. The zero-order valence-corrected chi connectivity index (χ0v) is 10.8. The maximum Gasteiger partial charge on any atom is 0.0753 e. The van der Waals surface area contributed by atoms with Crippen LogP contribution >= 0.6 is 11.3 Å². The lowest BCUT2D eigenvalue weighted by atomic mass is 10.0. The van der Waals surface area contributed by atoms with E-state index in [0.717, 1.165) is 19.7 Å². The summed E-state index contributed by atoms with van der Waals surface area (Å²) in [5.41, 5.74) is 5.85. The van der Waals surface area contributed by atoms with Crippen LogP contribution in [0.4, 0.5) is 0 Å². The Balaban J connectivity index is 2.10. The predicted octanol–water partition coefficient (Wildman–Crippen LogP) is 1.86. The quantitative estimate of drug-likeness (QED) is 0.876. The van der Waals surface area contributed by atoms with E-state index in [2.05, 4.69) is 36.3 Å². The van der Waals surface area contributed by atoms with Gasteiger partial charge in [-0.15, -0.1) is 11.3 Å². The van der Waals surface area contributed by atoms with Crippen molar-refractivity contribution in [2.45, 2.75) is 25.5 Å². The van der Waals surface area contributed by atoms with Gasteiger partial charge < -0.3 is 10.5 Å². The lowest BCUT2D eigenvalue weighted by Crippen LogP contribution is -2.50. The molecule has 1 unspecified atom stereocenters. The Morgan fingerprint density at radius 1 is 1.62 bits per heavy atom. The SMILES string of the molecule is CC1(C)CN(C(CN)c2cccs2)CCO1. The van der Waals surface area contributed by atoms with Crippen molar-refractivity contribution >= 4 is 11.3 Å². The number of nitrogens with zero attached hydrogens (tertiary/aromatic N) is 1. The highest BCUT2D eigenvalue weighted by Gasteiger charge is 2.31. The molecule has 0 aliphatic carbocycles. The fraction of sp³-hybridized carbons (Fsp3) is 0.667. The molecule has 2 N–H and O–H groups in total. The molecule has 1 atom stereocenters. The highest BCUT2D eigenvalue weighted by atomic mass is 32.1. The van der Waals surface area contributed by atoms with E-state index in [1.165, 1.54) is 4.88 Å². The van der Waals surface area contributed by atoms with Crippen LogP contribution in [0.15, 0.2) is 17.5 Å². The average Bonchev–Trinajstić information content (AvgIpc) is 2.71. The first-order valence-corrected chi connectivity index (χ1v) is 6.62. The highest BCUT2D eigenvalue weighted by Crippen LogP contribution is 2.28. The van der Waals surface area contributed by atoms with Gasteiger partial charge in [-0.25, -0.2) is 0 Å². The summed E-state index contributed by atoms with van der Waals surface area (Å²) in [5, 5.41) is 2.11. The topological polar surface area (TPSA) is 38.5 Å². The van der Waals surface area contributed by atoms with Gasteiger partial charge in [-0.2, -0.15) is 0 Å². The van der Waals surface area contributed by atoms with Crippen LogP contribution in [-0.4, -0.2) is 36.7 Å². The molecule has 2 heterocycles. The van der Waals surface area contributed by atoms with Gasteiger partial charge in [0.1, 0.15) is 0 Å². The molecule has 1 fully saturated rings. The molecule has 2 rings (SSSR count). The van der Waals surface area contributed by atoms with E-state index in [9.17, 15) is 0 Å². The first kappa shape index (κ1) is 12.0. The third kappa shape index (κ3) is 2.63. The monoisotopic (exact) mass is 240 g/mol. The number of hydrogen-bond acceptors (Lipinski definition) is 4. The molecule has 1 aromatic rings. The minimum absolute atomic E-state index is 0.0526. The summed E-state index contributed by atoms with van der Waals surface area (Å²) in [7, 11) is 0. The van der Waals surface area contributed by atoms with Gasteiger partial charge in [-0.3, -0.25) is 4.90 Å². The fourth-order valence-electron chi connectivity index (χ4n) is 2.25. The molecule has 16 heavy (non-hydrogen) atoms. The minimum atomic E-state index is -0.0526. The summed E-state index contributed by atoms with van der Waals surface area (Å²) in [6.07, 6.45) is 0. The molecule has 1 aliphatic heterocycles. The lowest BCUT2D eigenvalue weighted by molar-refractivity contribution is -0.0964. The second kappa shape index (κ2) is 4.84. The second-order valence-electron chi connectivity index (χ2n) is 4.85. The summed E-state index contributed by atoms with van der Waals surface area (Å²) >= 11 is 1.79. The standard InChI is InChI=1S/C12H20N2OS/c1-12(2)9-14(5-6-15-12)10(8-13)11-4-3-7-16-11/h3-4,7,10H,5-6,8-9,13H2,1-2H3. The lowest BCUT2D eigenvalue weighted by Gasteiger charge is -2.41. The Bertz CT molecular complexity index is 324. The number of thiophene rings is 1. The second-order valence-corrected chi connectivity index (χ2v) is 5.82. The Morgan fingerprint density at radius 2 is 2.44 bits per heavy atom. The van der Waals surface area contributed by atoms with Gasteiger partial charge in [0.05, 0.1) is 18.2 Å². The van der Waals surface area contributed by atoms with Crippen molar-refractivity contribution in [3.8, 4) is 0 Å². The third-order valence-electron chi connectivity index (χ3n) is 2.99. The Kier molecular flexibility index (Phi) is 3.64. The molecule has 90 valence electrons. The van der Waals surface area contributed by atoms with E-state index in [-0.39, 0.29) is 5.60 Å². The third-order valence-corrected chi connectivity index (χ3v) is 3.96. The Labute approximate surface area is 101 Å². The van der Waals surface area contributed by atoms with Crippen molar-refractivity contribution in [2.75, 3.05) is 26.2 Å². The summed E-state index contributed by atoms with van der Waals surface area (Å²) in [5.74, 6) is 0. The molecule has 0 bridgehead atoms. The van der Waals surface area contributed by atoms with Crippen LogP contribution in [0.2, 0.25) is 0 Å². The molecule has 0 amide bonds. The van der Waals surface area contributed by atoms with Gasteiger partial charge >= 0.3 is 0 Å². The largest absolute Gasteiger partial charge is 0.373 e. The summed E-state index contributed by atoms with van der Waals surface area (Å²) in [6.45, 7) is 7.68. The van der Waals surface area contributed by atoms with E-state index in [0.29, 0.717) is 12.6 Å². The van der Waals surface area contributed by atoms with Crippen LogP contribution in [0.3, 0.4) is 0 Å². The molecule has 3 nitrogen and oxygen atoms in total. The Morgan fingerprint density at radius 3 is 3.00 bits per heavy atom. The fourth-order valence-corrected chi connectivity index (χ4v) is 3.12. The van der Waals surface area contributed by atoms with Crippen LogP contribution in [0.1, 0.15) is 24.8 Å². The van der Waals surface area contributed by atoms with Gasteiger partial charge in [0.25, 0.3) is 0 Å². The van der Waals surface area contributed by atoms with Crippen molar-refractivity contribution in [3.05, 3.63) is 22.4 Å². The van der Waals surface area contributed by atoms with Crippen LogP contribution in [-0.2, 0) is 4.74 Å². The van der Waals surface area contributed by atoms with E-state index in [1.807, 2.05) is 0 Å². The predicted molar refractivity (Wildman–Crippen MR) is 67.7 cm³/mol. The maximum absolute atomic E-state index is 5.91. The van der Waals surface area contributed by atoms with Gasteiger partial charge in [0.2, 0.25) is 0 Å². The zero-order valence-electron chi connectivity index (χ0n) is 9.98. The first-order chi connectivity index (χ1) is 7.62. The van der Waals surface area contributed by atoms with Gasteiger partial charge in [0.15, 0.2) is 0 Å². The molecular weight excluding hydrogens is 220 g/mol. The highest BCUT2D eigenvalue weighted by molar-refractivity contribution is 7.10. The van der Waals surface area contributed by atoms with Crippen molar-refractivity contribution < 1.29 is 4.74 Å². The number of nitrogens with two attached hydrogens (primary N) is 1. The van der Waals surface area contributed by atoms with Crippen molar-refractivity contribution in [2.24, 2.45) is 5.73 Å². The van der Waals surface area contributed by atoms with Gasteiger partial charge in [0, 0.05) is 24.5 Å². The number of ether oxygens (including phenoxy) is 1. The van der Waals surface area contributed by atoms with Crippen LogP contribution < -0.4 is 5.73 Å². The van der Waals surface area contributed by atoms with Crippen molar-refractivity contribution in [1.82, 2.24) is 4.90 Å². The molecule has 1 aliphatic rings. The van der Waals surface area contributed by atoms with Crippen LogP contribution in [0.5, 0.6) is 0 Å². The van der Waals surface area contributed by atoms with E-state index in [1.54, 1.807) is 11.3 Å². The Hall–Kier alpha value is -0.420. The molecule has 0 saturated carbocycles. The number of morpholine rings is 1. The molecule has 0 spiro atoms. The summed E-state index contributed by atoms with van der Waals surface area (Å²) < 4.78 is 5.73. The first-order valence-electron chi connectivity index (χ1n) is 5.74. The van der Waals surface area contributed by atoms with Crippen molar-refractivity contribution in [3.63, 3.8) is 0 Å². The smallest absolute Gasteiger partial charge is 0.0753 e. The normalized spacial score (nSPS) is 23.2. The average molecular weight is 240 g/mol. The summed E-state index contributed by atoms with van der Waals surface area (Å²) in [4.78, 5) is 3.80. The van der Waals surface area contributed by atoms with Gasteiger partial charge in [-0.05, 0) is 25.3 Å². The molecule has 4 heteroatoms. The number of rotatable bonds is 3. The van der Waals surface area contributed by atoms with Crippen LogP contribution in [0.25, 0.3) is 0 Å². The number of hydrogen-bond donors (Lipinski definition) is 1. The minimum Gasteiger partial charge on any atom is -0.373 e. The van der Waals surface area contributed by atoms with E-state index >= 15 is 0 Å². The van der Waals surface area contributed by atoms with Crippen LogP contribution in [0, 0.1) is 0 Å². The van der Waals surface area contributed by atoms with E-state index < -0.39 is 0 Å². The maximum atomic E-state index is 5.91.